The van der Waals surface area contributed by atoms with E-state index in [9.17, 15) is 9.90 Å². The number of hydrogen-bond acceptors (Lipinski definition) is 4. The zero-order valence-corrected chi connectivity index (χ0v) is 18.1. The first-order valence-electron chi connectivity index (χ1n) is 9.77. The maximum atomic E-state index is 11.8. The third-order valence-electron chi connectivity index (χ3n) is 5.46. The number of allylic oxidation sites excluding steroid dienone is 1. The zero-order chi connectivity index (χ0) is 20.1. The molecule has 0 unspecified atom stereocenters. The van der Waals surface area contributed by atoms with E-state index in [1.165, 1.54) is 18.2 Å². The Morgan fingerprint density at radius 3 is 2.66 bits per heavy atom. The molecule has 0 radical (unpaired) electrons. The molecule has 29 heavy (non-hydrogen) atoms. The second-order valence-corrected chi connectivity index (χ2v) is 7.89. The van der Waals surface area contributed by atoms with Crippen LogP contribution in [-0.4, -0.2) is 43.7 Å². The highest BCUT2D eigenvalue weighted by Crippen LogP contribution is 2.42. The van der Waals surface area contributed by atoms with Gasteiger partial charge in [-0.2, -0.15) is 0 Å². The topological polar surface area (TPSA) is 49.8 Å². The van der Waals surface area contributed by atoms with Crippen molar-refractivity contribution in [2.24, 2.45) is 5.92 Å². The Hall–Kier alpha value is -2.30. The predicted molar refractivity (Wildman–Crippen MR) is 120 cm³/mol. The van der Waals surface area contributed by atoms with Crippen molar-refractivity contribution in [2.75, 3.05) is 27.7 Å². The molecular formula is C24H30ClNO3. The minimum Gasteiger partial charge on any atom is -0.508 e. The van der Waals surface area contributed by atoms with Crippen LogP contribution >= 0.6 is 12.4 Å². The maximum Gasteiger partial charge on any atom is 0.337 e. The van der Waals surface area contributed by atoms with Crippen molar-refractivity contribution in [1.29, 1.82) is 0 Å². The number of halogens is 1. The number of methoxy groups -OCH3 is 1. The molecule has 0 heterocycles. The first kappa shape index (κ1) is 23.0. The van der Waals surface area contributed by atoms with Crippen molar-refractivity contribution in [3.8, 4) is 5.75 Å². The Bertz CT molecular complexity index is 863. The summed E-state index contributed by atoms with van der Waals surface area (Å²) in [6, 6.07) is 15.2. The van der Waals surface area contributed by atoms with Crippen molar-refractivity contribution in [3.05, 3.63) is 70.8 Å². The monoisotopic (exact) mass is 415 g/mol. The van der Waals surface area contributed by atoms with Crippen LogP contribution in [0.5, 0.6) is 5.75 Å². The lowest BCUT2D eigenvalue weighted by atomic mass is 9.73. The van der Waals surface area contributed by atoms with Crippen LogP contribution in [0.2, 0.25) is 0 Å². The molecule has 0 aromatic heterocycles. The number of benzene rings is 2. The summed E-state index contributed by atoms with van der Waals surface area (Å²) in [4.78, 5) is 14.0. The van der Waals surface area contributed by atoms with Crippen LogP contribution < -0.4 is 0 Å². The Labute approximate surface area is 179 Å². The highest BCUT2D eigenvalue weighted by atomic mass is 35.5. The van der Waals surface area contributed by atoms with Gasteiger partial charge in [0.05, 0.1) is 12.7 Å². The minimum absolute atomic E-state index is 0. The summed E-state index contributed by atoms with van der Waals surface area (Å²) in [5.74, 6) is 0.934. The van der Waals surface area contributed by atoms with Crippen molar-refractivity contribution in [3.63, 3.8) is 0 Å². The van der Waals surface area contributed by atoms with E-state index in [0.29, 0.717) is 23.1 Å². The minimum atomic E-state index is -0.312. The average Bonchev–Trinajstić information content (AvgIpc) is 2.68. The fraction of sp³-hybridized carbons (Fsp3) is 0.375. The highest BCUT2D eigenvalue weighted by Gasteiger charge is 2.29. The molecule has 0 saturated heterocycles. The lowest BCUT2D eigenvalue weighted by molar-refractivity contribution is 0.0600. The molecule has 1 aliphatic rings. The number of phenols is 1. The lowest BCUT2D eigenvalue weighted by Crippen LogP contribution is -2.29. The summed E-state index contributed by atoms with van der Waals surface area (Å²) in [5, 5.41) is 9.95. The van der Waals surface area contributed by atoms with Crippen LogP contribution in [0.15, 0.2) is 54.1 Å². The van der Waals surface area contributed by atoms with Gasteiger partial charge in [-0.25, -0.2) is 4.79 Å². The molecule has 2 atom stereocenters. The maximum absolute atomic E-state index is 11.8. The molecule has 4 nitrogen and oxygen atoms in total. The fourth-order valence-electron chi connectivity index (χ4n) is 4.20. The Kier molecular flexibility index (Phi) is 8.30. The number of carbonyl (C=O) groups excluding carboxylic acids is 1. The lowest BCUT2D eigenvalue weighted by Gasteiger charge is -2.35. The number of carbonyl (C=O) groups is 1. The average molecular weight is 416 g/mol. The van der Waals surface area contributed by atoms with Gasteiger partial charge in [-0.15, -0.1) is 12.4 Å². The molecule has 0 amide bonds. The van der Waals surface area contributed by atoms with E-state index in [1.54, 1.807) is 12.1 Å². The van der Waals surface area contributed by atoms with Gasteiger partial charge >= 0.3 is 5.97 Å². The zero-order valence-electron chi connectivity index (χ0n) is 17.3. The molecule has 3 rings (SSSR count). The molecule has 1 saturated carbocycles. The molecule has 0 spiro atoms. The SMILES string of the molecule is COC(=O)c1cccc(/C=C2\CC[C@H](CN(C)C)[C@H](c3cccc(O)c3)C2)c1.Cl. The molecule has 1 fully saturated rings. The molecule has 2 aromatic carbocycles. The predicted octanol–water partition coefficient (Wildman–Crippen LogP) is 5.13. The van der Waals surface area contributed by atoms with Gasteiger partial charge in [0.25, 0.3) is 0 Å². The van der Waals surface area contributed by atoms with Gasteiger partial charge in [-0.1, -0.05) is 35.9 Å². The quantitative estimate of drug-likeness (QED) is 0.688. The molecule has 0 aliphatic heterocycles. The van der Waals surface area contributed by atoms with Crippen molar-refractivity contribution in [1.82, 2.24) is 4.90 Å². The highest BCUT2D eigenvalue weighted by molar-refractivity contribution is 5.90. The van der Waals surface area contributed by atoms with E-state index in [-0.39, 0.29) is 18.4 Å². The smallest absolute Gasteiger partial charge is 0.337 e. The Morgan fingerprint density at radius 2 is 1.97 bits per heavy atom. The van der Waals surface area contributed by atoms with Gasteiger partial charge in [0, 0.05) is 6.54 Å². The summed E-state index contributed by atoms with van der Waals surface area (Å²) in [5.41, 5.74) is 4.17. The van der Waals surface area contributed by atoms with Crippen molar-refractivity contribution in [2.45, 2.75) is 25.2 Å². The summed E-state index contributed by atoms with van der Waals surface area (Å²) < 4.78 is 4.83. The van der Waals surface area contributed by atoms with Gasteiger partial charge in [-0.3, -0.25) is 0 Å². The number of rotatable bonds is 5. The van der Waals surface area contributed by atoms with Crippen molar-refractivity contribution < 1.29 is 14.6 Å². The van der Waals surface area contributed by atoms with E-state index in [4.69, 9.17) is 4.74 Å². The number of phenolic OH excluding ortho intramolecular Hbond substituents is 1. The number of ether oxygens (including phenoxy) is 1. The molecule has 0 bridgehead atoms. The number of nitrogens with zero attached hydrogens (tertiary/aromatic N) is 1. The van der Waals surface area contributed by atoms with E-state index in [2.05, 4.69) is 31.1 Å². The summed E-state index contributed by atoms with van der Waals surface area (Å²) in [7, 11) is 5.63. The van der Waals surface area contributed by atoms with Crippen molar-refractivity contribution >= 4 is 24.5 Å². The largest absolute Gasteiger partial charge is 0.508 e. The van der Waals surface area contributed by atoms with E-state index in [0.717, 1.165) is 31.4 Å². The van der Waals surface area contributed by atoms with Crippen LogP contribution in [0, 0.1) is 5.92 Å². The molecule has 156 valence electrons. The van der Waals surface area contributed by atoms with Crippen LogP contribution in [-0.2, 0) is 4.74 Å². The van der Waals surface area contributed by atoms with Crippen LogP contribution in [0.4, 0.5) is 0 Å². The van der Waals surface area contributed by atoms with Gasteiger partial charge in [0.1, 0.15) is 5.75 Å². The van der Waals surface area contributed by atoms with Crippen LogP contribution in [0.1, 0.15) is 46.7 Å². The third kappa shape index (κ3) is 6.09. The Balaban J connectivity index is 0.00000300. The third-order valence-corrected chi connectivity index (χ3v) is 5.46. The van der Waals surface area contributed by atoms with Crippen LogP contribution in [0.25, 0.3) is 6.08 Å². The summed E-state index contributed by atoms with van der Waals surface area (Å²) in [6.07, 6.45) is 5.33. The summed E-state index contributed by atoms with van der Waals surface area (Å²) in [6.45, 7) is 1.03. The van der Waals surface area contributed by atoms with Gasteiger partial charge in [0.15, 0.2) is 0 Å². The molecular weight excluding hydrogens is 386 g/mol. The second kappa shape index (κ2) is 10.5. The number of esters is 1. The van der Waals surface area contributed by atoms with Gasteiger partial charge in [0.2, 0.25) is 0 Å². The van der Waals surface area contributed by atoms with E-state index in [1.807, 2.05) is 30.3 Å². The molecule has 2 aromatic rings. The first-order valence-corrected chi connectivity index (χ1v) is 9.77. The number of aromatic hydroxyl groups is 1. The van der Waals surface area contributed by atoms with Gasteiger partial charge < -0.3 is 14.7 Å². The molecule has 5 heteroatoms. The molecule has 1 aliphatic carbocycles. The van der Waals surface area contributed by atoms with Crippen LogP contribution in [0.3, 0.4) is 0 Å². The second-order valence-electron chi connectivity index (χ2n) is 7.89. The van der Waals surface area contributed by atoms with E-state index >= 15 is 0 Å². The normalized spacial score (nSPS) is 20.3. The fourth-order valence-corrected chi connectivity index (χ4v) is 4.20. The Morgan fingerprint density at radius 1 is 1.21 bits per heavy atom. The standard InChI is InChI=1S/C24H29NO3.ClH/c1-25(2)16-21-11-10-18(14-23(21)19-7-5-9-22(26)15-19)12-17-6-4-8-20(13-17)24(27)28-3;/h4-9,12-13,15,21,23,26H,10-11,14,16H2,1-3H3;1H/b18-12+;/t21-,23+;/m1./s1. The first-order chi connectivity index (χ1) is 13.5. The summed E-state index contributed by atoms with van der Waals surface area (Å²) >= 11 is 0. The number of hydrogen-bond donors (Lipinski definition) is 1. The van der Waals surface area contributed by atoms with Gasteiger partial charge in [-0.05, 0) is 80.6 Å². The van der Waals surface area contributed by atoms with E-state index < -0.39 is 0 Å². The molecule has 1 N–H and O–H groups in total.